The quantitative estimate of drug-likeness (QED) is 0.937. The molecule has 1 aliphatic heterocycles. The molecular formula is C18H19FN2O3. The van der Waals surface area contributed by atoms with E-state index in [9.17, 15) is 14.0 Å². The number of carbonyl (C=O) groups is 2. The van der Waals surface area contributed by atoms with Crippen LogP contribution < -0.4 is 5.32 Å². The van der Waals surface area contributed by atoms with Crippen LogP contribution in [0, 0.1) is 11.7 Å². The molecule has 0 spiro atoms. The number of amides is 2. The van der Waals surface area contributed by atoms with Gasteiger partial charge in [-0.15, -0.1) is 0 Å². The Morgan fingerprint density at radius 1 is 1.38 bits per heavy atom. The molecule has 1 saturated heterocycles. The zero-order valence-electron chi connectivity index (χ0n) is 13.4. The number of hydrogen-bond donors (Lipinski definition) is 1. The Morgan fingerprint density at radius 2 is 2.21 bits per heavy atom. The lowest BCUT2D eigenvalue weighted by Crippen LogP contribution is -2.46. The summed E-state index contributed by atoms with van der Waals surface area (Å²) in [5.74, 6) is -0.358. The average Bonchev–Trinajstić information content (AvgIpc) is 3.08. The Bertz CT molecular complexity index is 730. The number of furan rings is 1. The van der Waals surface area contributed by atoms with Crippen LogP contribution in [0.15, 0.2) is 47.1 Å². The molecule has 1 fully saturated rings. The minimum Gasteiger partial charge on any atom is -0.467 e. The maximum Gasteiger partial charge on any atom is 0.225 e. The van der Waals surface area contributed by atoms with E-state index in [4.69, 9.17) is 4.42 Å². The third kappa shape index (κ3) is 3.32. The van der Waals surface area contributed by atoms with Gasteiger partial charge in [0.15, 0.2) is 0 Å². The molecule has 0 unspecified atom stereocenters. The van der Waals surface area contributed by atoms with Crippen LogP contribution in [0.4, 0.5) is 4.39 Å². The molecule has 24 heavy (non-hydrogen) atoms. The van der Waals surface area contributed by atoms with E-state index in [1.54, 1.807) is 37.6 Å². The fourth-order valence-electron chi connectivity index (χ4n) is 3.18. The molecule has 2 aromatic rings. The van der Waals surface area contributed by atoms with E-state index in [0.29, 0.717) is 24.2 Å². The highest BCUT2D eigenvalue weighted by Gasteiger charge is 2.38. The zero-order chi connectivity index (χ0) is 17.1. The number of nitrogens with one attached hydrogen (secondary N) is 1. The average molecular weight is 330 g/mol. The first kappa shape index (κ1) is 16.2. The van der Waals surface area contributed by atoms with Crippen LogP contribution in [0.3, 0.4) is 0 Å². The van der Waals surface area contributed by atoms with Crippen LogP contribution in [-0.4, -0.2) is 23.8 Å². The van der Waals surface area contributed by atoms with Gasteiger partial charge in [0, 0.05) is 13.5 Å². The molecule has 1 aromatic carbocycles. The topological polar surface area (TPSA) is 62.6 Å². The van der Waals surface area contributed by atoms with Gasteiger partial charge < -0.3 is 14.6 Å². The van der Waals surface area contributed by atoms with Crippen LogP contribution >= 0.6 is 0 Å². The van der Waals surface area contributed by atoms with Crippen molar-refractivity contribution in [3.63, 3.8) is 0 Å². The molecule has 1 N–H and O–H groups in total. The smallest absolute Gasteiger partial charge is 0.225 e. The molecule has 0 bridgehead atoms. The van der Waals surface area contributed by atoms with E-state index in [1.807, 2.05) is 0 Å². The highest BCUT2D eigenvalue weighted by atomic mass is 19.1. The first-order chi connectivity index (χ1) is 11.6. The lowest BCUT2D eigenvalue weighted by atomic mass is 9.84. The molecular weight excluding hydrogens is 311 g/mol. The van der Waals surface area contributed by atoms with Gasteiger partial charge in [0.05, 0.1) is 24.8 Å². The summed E-state index contributed by atoms with van der Waals surface area (Å²) in [4.78, 5) is 26.2. The maximum atomic E-state index is 13.6. The number of rotatable bonds is 4. The number of carbonyl (C=O) groups excluding carboxylic acids is 2. The Labute approximate surface area is 139 Å². The first-order valence-electron chi connectivity index (χ1n) is 7.87. The summed E-state index contributed by atoms with van der Waals surface area (Å²) in [6, 6.07) is 9.13. The van der Waals surface area contributed by atoms with E-state index in [1.165, 1.54) is 17.0 Å². The third-order valence-corrected chi connectivity index (χ3v) is 4.40. The fourth-order valence-corrected chi connectivity index (χ4v) is 3.18. The van der Waals surface area contributed by atoms with Crippen molar-refractivity contribution in [3.05, 3.63) is 59.8 Å². The first-order valence-corrected chi connectivity index (χ1v) is 7.87. The second kappa shape index (κ2) is 6.86. The van der Waals surface area contributed by atoms with Crippen molar-refractivity contribution in [2.24, 2.45) is 5.92 Å². The normalized spacial score (nSPS) is 20.9. The highest BCUT2D eigenvalue weighted by molar-refractivity contribution is 5.84. The molecule has 3 rings (SSSR count). The van der Waals surface area contributed by atoms with Crippen molar-refractivity contribution in [1.29, 1.82) is 0 Å². The van der Waals surface area contributed by atoms with Crippen LogP contribution in [0.25, 0.3) is 0 Å². The van der Waals surface area contributed by atoms with Gasteiger partial charge in [-0.2, -0.15) is 0 Å². The van der Waals surface area contributed by atoms with E-state index >= 15 is 0 Å². The van der Waals surface area contributed by atoms with Crippen molar-refractivity contribution < 1.29 is 18.4 Å². The Kier molecular flexibility index (Phi) is 4.64. The maximum absolute atomic E-state index is 13.6. The molecule has 2 heterocycles. The molecule has 2 atom stereocenters. The molecule has 1 aliphatic rings. The third-order valence-electron chi connectivity index (χ3n) is 4.40. The largest absolute Gasteiger partial charge is 0.467 e. The van der Waals surface area contributed by atoms with Crippen LogP contribution in [0.1, 0.15) is 30.2 Å². The Morgan fingerprint density at radius 3 is 2.92 bits per heavy atom. The van der Waals surface area contributed by atoms with Gasteiger partial charge >= 0.3 is 0 Å². The van der Waals surface area contributed by atoms with Gasteiger partial charge in [-0.05, 0) is 36.2 Å². The van der Waals surface area contributed by atoms with Crippen molar-refractivity contribution in [2.75, 3.05) is 7.05 Å². The molecule has 6 heteroatoms. The van der Waals surface area contributed by atoms with Crippen molar-refractivity contribution >= 4 is 11.8 Å². The SMILES string of the molecule is CN1C(=O)CC[C@@H](C(=O)NCc2ccco2)[C@H]1c1cccc(F)c1. The number of likely N-dealkylation sites (tertiary alicyclic amines) is 1. The molecule has 126 valence electrons. The molecule has 5 nitrogen and oxygen atoms in total. The van der Waals surface area contributed by atoms with Gasteiger partial charge in [-0.1, -0.05) is 12.1 Å². The van der Waals surface area contributed by atoms with Crippen molar-refractivity contribution in [1.82, 2.24) is 10.2 Å². The standard InChI is InChI=1S/C18H19FN2O3/c1-21-16(22)8-7-15(17(21)12-4-2-5-13(19)10-12)18(23)20-11-14-6-3-9-24-14/h2-6,9-10,15,17H,7-8,11H2,1H3,(H,20,23)/t15-,17-/m1/s1. The number of halogens is 1. The van der Waals surface area contributed by atoms with Crippen LogP contribution in [-0.2, 0) is 16.1 Å². The monoisotopic (exact) mass is 330 g/mol. The predicted molar refractivity (Wildman–Crippen MR) is 85.2 cm³/mol. The van der Waals surface area contributed by atoms with Crippen molar-refractivity contribution in [2.45, 2.75) is 25.4 Å². The summed E-state index contributed by atoms with van der Waals surface area (Å²) < 4.78 is 18.8. The van der Waals surface area contributed by atoms with Gasteiger partial charge in [-0.25, -0.2) is 4.39 Å². The summed E-state index contributed by atoms with van der Waals surface area (Å²) >= 11 is 0. The number of nitrogens with zero attached hydrogens (tertiary/aromatic N) is 1. The van der Waals surface area contributed by atoms with Gasteiger partial charge in [-0.3, -0.25) is 9.59 Å². The Balaban J connectivity index is 1.80. The number of benzene rings is 1. The summed E-state index contributed by atoms with van der Waals surface area (Å²) in [6.45, 7) is 0.288. The van der Waals surface area contributed by atoms with E-state index in [0.717, 1.165) is 0 Å². The summed E-state index contributed by atoms with van der Waals surface area (Å²) in [7, 11) is 1.66. The van der Waals surface area contributed by atoms with Crippen molar-refractivity contribution in [3.8, 4) is 0 Å². The van der Waals surface area contributed by atoms with Gasteiger partial charge in [0.25, 0.3) is 0 Å². The molecule has 0 saturated carbocycles. The second-order valence-corrected chi connectivity index (χ2v) is 5.95. The minimum atomic E-state index is -0.474. The van der Waals surface area contributed by atoms with Crippen LogP contribution in [0.5, 0.6) is 0 Å². The summed E-state index contributed by atoms with van der Waals surface area (Å²) in [5.41, 5.74) is 0.628. The fraction of sp³-hybridized carbons (Fsp3) is 0.333. The summed E-state index contributed by atoms with van der Waals surface area (Å²) in [5, 5.41) is 2.84. The molecule has 0 radical (unpaired) electrons. The predicted octanol–water partition coefficient (Wildman–Crippen LogP) is 2.64. The molecule has 2 amide bonds. The van der Waals surface area contributed by atoms with Gasteiger partial charge in [0.2, 0.25) is 11.8 Å². The molecule has 1 aromatic heterocycles. The number of piperidine rings is 1. The second-order valence-electron chi connectivity index (χ2n) is 5.95. The van der Waals surface area contributed by atoms with E-state index in [-0.39, 0.29) is 24.2 Å². The lowest BCUT2D eigenvalue weighted by molar-refractivity contribution is -0.141. The molecule has 0 aliphatic carbocycles. The van der Waals surface area contributed by atoms with E-state index < -0.39 is 12.0 Å². The van der Waals surface area contributed by atoms with Crippen LogP contribution in [0.2, 0.25) is 0 Å². The zero-order valence-corrected chi connectivity index (χ0v) is 13.4. The lowest BCUT2D eigenvalue weighted by Gasteiger charge is -2.38. The number of hydrogen-bond acceptors (Lipinski definition) is 3. The van der Waals surface area contributed by atoms with Gasteiger partial charge in [0.1, 0.15) is 11.6 Å². The highest BCUT2D eigenvalue weighted by Crippen LogP contribution is 2.36. The Hall–Kier alpha value is -2.63. The summed E-state index contributed by atoms with van der Waals surface area (Å²) in [6.07, 6.45) is 2.29. The van der Waals surface area contributed by atoms with E-state index in [2.05, 4.69) is 5.32 Å². The minimum absolute atomic E-state index is 0.0423.